The molecule has 4 heteroatoms. The average Bonchev–Trinajstić information content (AvgIpc) is 2.81. The Labute approximate surface area is 115 Å². The van der Waals surface area contributed by atoms with Gasteiger partial charge in [0.05, 0.1) is 6.10 Å². The van der Waals surface area contributed by atoms with Crippen molar-refractivity contribution >= 4 is 22.9 Å². The van der Waals surface area contributed by atoms with Crippen LogP contribution in [0.15, 0.2) is 63.1 Å². The highest BCUT2D eigenvalue weighted by atomic mass is 32.2. The molecule has 0 bridgehead atoms. The van der Waals surface area contributed by atoms with Crippen LogP contribution in [0.25, 0.3) is 11.1 Å². The Bertz CT molecular complexity index is 673. The lowest BCUT2D eigenvalue weighted by atomic mass is 10.1. The predicted octanol–water partition coefficient (Wildman–Crippen LogP) is 4.03. The van der Waals surface area contributed by atoms with Gasteiger partial charge in [0, 0.05) is 4.90 Å². The molecule has 1 atom stereocenters. The lowest BCUT2D eigenvalue weighted by Crippen LogP contribution is -1.93. The topological polar surface area (TPSA) is 46.3 Å². The number of hydrogen-bond acceptors (Lipinski definition) is 4. The number of fused-ring (bicyclic) bond motifs is 1. The van der Waals surface area contributed by atoms with Crippen molar-refractivity contribution in [1.82, 2.24) is 4.98 Å². The fourth-order valence-electron chi connectivity index (χ4n) is 1.91. The standard InChI is InChI=1S/C15H13NO2S/c1-10(17)11-6-2-5-9-14(11)19-15-16-12-7-3-4-8-13(12)18-15/h2-10,17H,1H3/t10-/m1/s1. The van der Waals surface area contributed by atoms with Crippen molar-refractivity contribution in [2.75, 3.05) is 0 Å². The highest BCUT2D eigenvalue weighted by Crippen LogP contribution is 2.34. The Morgan fingerprint density at radius 1 is 1.11 bits per heavy atom. The zero-order valence-corrected chi connectivity index (χ0v) is 11.2. The monoisotopic (exact) mass is 271 g/mol. The number of oxazole rings is 1. The first-order chi connectivity index (χ1) is 9.24. The van der Waals surface area contributed by atoms with Crippen LogP contribution >= 0.6 is 11.8 Å². The molecule has 1 aromatic heterocycles. The van der Waals surface area contributed by atoms with E-state index >= 15 is 0 Å². The Morgan fingerprint density at radius 2 is 1.84 bits per heavy atom. The van der Waals surface area contributed by atoms with Crippen LogP contribution in [-0.4, -0.2) is 10.1 Å². The van der Waals surface area contributed by atoms with Gasteiger partial charge < -0.3 is 9.52 Å². The van der Waals surface area contributed by atoms with Crippen molar-refractivity contribution in [3.63, 3.8) is 0 Å². The van der Waals surface area contributed by atoms with Gasteiger partial charge in [0.15, 0.2) is 5.58 Å². The van der Waals surface area contributed by atoms with Crippen molar-refractivity contribution in [2.45, 2.75) is 23.1 Å². The summed E-state index contributed by atoms with van der Waals surface area (Å²) in [5, 5.41) is 10.3. The van der Waals surface area contributed by atoms with E-state index in [1.165, 1.54) is 11.8 Å². The molecule has 2 aromatic carbocycles. The second kappa shape index (κ2) is 5.07. The second-order valence-electron chi connectivity index (χ2n) is 4.26. The molecule has 0 radical (unpaired) electrons. The highest BCUT2D eigenvalue weighted by molar-refractivity contribution is 7.99. The van der Waals surface area contributed by atoms with Crippen LogP contribution in [-0.2, 0) is 0 Å². The fourth-order valence-corrected chi connectivity index (χ4v) is 2.87. The Morgan fingerprint density at radius 3 is 2.63 bits per heavy atom. The highest BCUT2D eigenvalue weighted by Gasteiger charge is 2.12. The van der Waals surface area contributed by atoms with E-state index in [9.17, 15) is 5.11 Å². The Kier molecular flexibility index (Phi) is 3.27. The molecule has 0 aliphatic heterocycles. The van der Waals surface area contributed by atoms with Gasteiger partial charge in [-0.1, -0.05) is 30.3 Å². The van der Waals surface area contributed by atoms with Crippen LogP contribution in [0, 0.1) is 0 Å². The molecular weight excluding hydrogens is 258 g/mol. The molecule has 1 heterocycles. The number of benzene rings is 2. The number of aromatic nitrogens is 1. The van der Waals surface area contributed by atoms with Crippen molar-refractivity contribution in [2.24, 2.45) is 0 Å². The first-order valence-electron chi connectivity index (χ1n) is 6.04. The molecular formula is C15H13NO2S. The number of aliphatic hydroxyl groups excluding tert-OH is 1. The predicted molar refractivity (Wildman–Crippen MR) is 75.2 cm³/mol. The maximum atomic E-state index is 9.76. The number of nitrogens with zero attached hydrogens (tertiary/aromatic N) is 1. The van der Waals surface area contributed by atoms with Crippen molar-refractivity contribution in [3.8, 4) is 0 Å². The first kappa shape index (κ1) is 12.3. The van der Waals surface area contributed by atoms with Crippen LogP contribution < -0.4 is 0 Å². The summed E-state index contributed by atoms with van der Waals surface area (Å²) in [7, 11) is 0. The zero-order chi connectivity index (χ0) is 13.2. The van der Waals surface area contributed by atoms with Crippen LogP contribution in [0.5, 0.6) is 0 Å². The minimum Gasteiger partial charge on any atom is -0.431 e. The first-order valence-corrected chi connectivity index (χ1v) is 6.86. The molecule has 0 saturated heterocycles. The van der Waals surface area contributed by atoms with E-state index in [4.69, 9.17) is 4.42 Å². The van der Waals surface area contributed by atoms with Gasteiger partial charge in [-0.3, -0.25) is 0 Å². The minimum absolute atomic E-state index is 0.506. The molecule has 0 aliphatic rings. The SMILES string of the molecule is C[C@@H](O)c1ccccc1Sc1nc2ccccc2o1. The smallest absolute Gasteiger partial charge is 0.261 e. The summed E-state index contributed by atoms with van der Waals surface area (Å²) >= 11 is 1.43. The molecule has 0 spiro atoms. The average molecular weight is 271 g/mol. The fraction of sp³-hybridized carbons (Fsp3) is 0.133. The third-order valence-electron chi connectivity index (χ3n) is 2.84. The Balaban J connectivity index is 1.97. The normalized spacial score (nSPS) is 12.7. The quantitative estimate of drug-likeness (QED) is 0.781. The summed E-state index contributed by atoms with van der Waals surface area (Å²) in [6, 6.07) is 15.4. The van der Waals surface area contributed by atoms with E-state index in [0.717, 1.165) is 21.6 Å². The summed E-state index contributed by atoms with van der Waals surface area (Å²) in [6.45, 7) is 1.76. The zero-order valence-electron chi connectivity index (χ0n) is 10.4. The van der Waals surface area contributed by atoms with Crippen LogP contribution in [0.4, 0.5) is 0 Å². The van der Waals surface area contributed by atoms with Crippen molar-refractivity contribution in [3.05, 3.63) is 54.1 Å². The van der Waals surface area contributed by atoms with Gasteiger partial charge in [-0.05, 0) is 42.4 Å². The number of rotatable bonds is 3. The molecule has 3 rings (SSSR count). The molecule has 0 unspecified atom stereocenters. The van der Waals surface area contributed by atoms with E-state index < -0.39 is 6.10 Å². The third kappa shape index (κ3) is 2.50. The molecule has 3 nitrogen and oxygen atoms in total. The number of para-hydroxylation sites is 2. The van der Waals surface area contributed by atoms with Gasteiger partial charge in [-0.15, -0.1) is 0 Å². The van der Waals surface area contributed by atoms with Gasteiger partial charge >= 0.3 is 0 Å². The largest absolute Gasteiger partial charge is 0.431 e. The van der Waals surface area contributed by atoms with Gasteiger partial charge in [-0.2, -0.15) is 0 Å². The van der Waals surface area contributed by atoms with Crippen LogP contribution in [0.1, 0.15) is 18.6 Å². The van der Waals surface area contributed by atoms with E-state index in [1.807, 2.05) is 48.5 Å². The number of aliphatic hydroxyl groups is 1. The number of hydrogen-bond donors (Lipinski definition) is 1. The van der Waals surface area contributed by atoms with E-state index in [2.05, 4.69) is 4.98 Å². The molecule has 3 aromatic rings. The Hall–Kier alpha value is -1.78. The van der Waals surface area contributed by atoms with Gasteiger partial charge in [0.25, 0.3) is 5.22 Å². The molecule has 0 aliphatic carbocycles. The molecule has 0 amide bonds. The van der Waals surface area contributed by atoms with E-state index in [-0.39, 0.29) is 0 Å². The van der Waals surface area contributed by atoms with Crippen LogP contribution in [0.2, 0.25) is 0 Å². The van der Waals surface area contributed by atoms with E-state index in [1.54, 1.807) is 6.92 Å². The van der Waals surface area contributed by atoms with E-state index in [0.29, 0.717) is 5.22 Å². The maximum Gasteiger partial charge on any atom is 0.261 e. The van der Waals surface area contributed by atoms with Crippen LogP contribution in [0.3, 0.4) is 0 Å². The lowest BCUT2D eigenvalue weighted by Gasteiger charge is -2.09. The second-order valence-corrected chi connectivity index (χ2v) is 5.26. The minimum atomic E-state index is -0.506. The molecule has 19 heavy (non-hydrogen) atoms. The molecule has 1 N–H and O–H groups in total. The van der Waals surface area contributed by atoms with Gasteiger partial charge in [0.2, 0.25) is 0 Å². The third-order valence-corrected chi connectivity index (χ3v) is 3.78. The summed E-state index contributed by atoms with van der Waals surface area (Å²) in [6.07, 6.45) is -0.506. The summed E-state index contributed by atoms with van der Waals surface area (Å²) < 4.78 is 5.68. The molecule has 96 valence electrons. The van der Waals surface area contributed by atoms with Crippen molar-refractivity contribution in [1.29, 1.82) is 0 Å². The van der Waals surface area contributed by atoms with Crippen molar-refractivity contribution < 1.29 is 9.52 Å². The maximum absolute atomic E-state index is 9.76. The molecule has 0 fully saturated rings. The van der Waals surface area contributed by atoms with Gasteiger partial charge in [-0.25, -0.2) is 4.98 Å². The summed E-state index contributed by atoms with van der Waals surface area (Å²) in [4.78, 5) is 5.39. The molecule has 0 saturated carbocycles. The summed E-state index contributed by atoms with van der Waals surface area (Å²) in [5.41, 5.74) is 2.51. The summed E-state index contributed by atoms with van der Waals surface area (Å²) in [5.74, 6) is 0. The van der Waals surface area contributed by atoms with Gasteiger partial charge in [0.1, 0.15) is 5.52 Å². The lowest BCUT2D eigenvalue weighted by molar-refractivity contribution is 0.196.